The number of carbonyl (C=O) groups excluding carboxylic acids is 2. The maximum atomic E-state index is 12.0. The quantitative estimate of drug-likeness (QED) is 0.687. The third-order valence-corrected chi connectivity index (χ3v) is 4.27. The molecule has 1 aromatic carbocycles. The van der Waals surface area contributed by atoms with Gasteiger partial charge in [-0.05, 0) is 42.9 Å². The first-order chi connectivity index (χ1) is 10.1. The average molecular weight is 306 g/mol. The van der Waals surface area contributed by atoms with Crippen LogP contribution in [0.15, 0.2) is 36.4 Å². The lowest BCUT2D eigenvalue weighted by Gasteiger charge is -2.16. The van der Waals surface area contributed by atoms with Crippen molar-refractivity contribution in [2.75, 3.05) is 11.9 Å². The lowest BCUT2D eigenvalue weighted by Crippen LogP contribution is -2.26. The Morgan fingerprint density at radius 3 is 2.81 bits per heavy atom. The number of nitrogens with one attached hydrogen (secondary N) is 1. The van der Waals surface area contributed by atoms with Crippen LogP contribution in [0.5, 0.6) is 0 Å². The predicted octanol–water partition coefficient (Wildman–Crippen LogP) is 3.03. The summed E-state index contributed by atoms with van der Waals surface area (Å²) in [6.45, 7) is -0.261. The van der Waals surface area contributed by atoms with Crippen LogP contribution in [0.4, 0.5) is 5.69 Å². The number of anilines is 1. The van der Waals surface area contributed by atoms with Gasteiger partial charge in [0.2, 0.25) is 0 Å². The Morgan fingerprint density at radius 1 is 1.29 bits per heavy atom. The molecule has 2 aliphatic carbocycles. The molecule has 1 aromatic rings. The van der Waals surface area contributed by atoms with Crippen LogP contribution in [0, 0.1) is 17.8 Å². The van der Waals surface area contributed by atoms with Crippen molar-refractivity contribution in [1.82, 2.24) is 0 Å². The molecule has 2 aliphatic rings. The molecule has 0 spiro atoms. The van der Waals surface area contributed by atoms with Gasteiger partial charge in [-0.1, -0.05) is 29.8 Å². The standard InChI is InChI=1S/C16H16ClNO3/c17-12-2-1-3-13(8-12)18-15(19)9-21-16(20)14-7-10-4-5-11(14)6-10/h1-5,8,10-11,14H,6-7,9H2,(H,18,19)/t10-,11-,14+/m0/s1. The van der Waals surface area contributed by atoms with Crippen LogP contribution in [0.2, 0.25) is 5.02 Å². The predicted molar refractivity (Wildman–Crippen MR) is 79.9 cm³/mol. The highest BCUT2D eigenvalue weighted by Gasteiger charge is 2.40. The van der Waals surface area contributed by atoms with Gasteiger partial charge in [-0.15, -0.1) is 0 Å². The highest BCUT2D eigenvalue weighted by atomic mass is 35.5. The normalized spacial score (nSPS) is 25.9. The van der Waals surface area contributed by atoms with Crippen LogP contribution < -0.4 is 5.32 Å². The zero-order valence-corrected chi connectivity index (χ0v) is 12.2. The second kappa shape index (κ2) is 5.90. The maximum absolute atomic E-state index is 12.0. The topological polar surface area (TPSA) is 55.4 Å². The number of amides is 1. The van der Waals surface area contributed by atoms with Gasteiger partial charge in [-0.25, -0.2) is 0 Å². The SMILES string of the molecule is O=C(COC(=O)[C@@H]1C[C@H]2C=C[C@H]1C2)Nc1cccc(Cl)c1. The van der Waals surface area contributed by atoms with E-state index in [1.165, 1.54) is 0 Å². The fourth-order valence-electron chi connectivity index (χ4n) is 3.06. The Labute approximate surface area is 128 Å². The van der Waals surface area contributed by atoms with Gasteiger partial charge in [0.25, 0.3) is 5.91 Å². The van der Waals surface area contributed by atoms with Crippen molar-refractivity contribution < 1.29 is 14.3 Å². The van der Waals surface area contributed by atoms with Gasteiger partial charge in [0.15, 0.2) is 6.61 Å². The molecule has 1 fully saturated rings. The highest BCUT2D eigenvalue weighted by molar-refractivity contribution is 6.30. The minimum Gasteiger partial charge on any atom is -0.455 e. The zero-order valence-electron chi connectivity index (χ0n) is 11.4. The number of rotatable bonds is 4. The molecule has 1 saturated carbocycles. The molecule has 1 N–H and O–H groups in total. The van der Waals surface area contributed by atoms with Crippen LogP contribution in [-0.4, -0.2) is 18.5 Å². The first-order valence-electron chi connectivity index (χ1n) is 7.02. The first kappa shape index (κ1) is 14.1. The molecule has 2 bridgehead atoms. The molecule has 21 heavy (non-hydrogen) atoms. The van der Waals surface area contributed by atoms with E-state index in [9.17, 15) is 9.59 Å². The van der Waals surface area contributed by atoms with Crippen molar-refractivity contribution in [2.45, 2.75) is 12.8 Å². The summed E-state index contributed by atoms with van der Waals surface area (Å²) in [6, 6.07) is 6.83. The molecular weight excluding hydrogens is 290 g/mol. The van der Waals surface area contributed by atoms with Crippen LogP contribution in [0.25, 0.3) is 0 Å². The molecule has 3 rings (SSSR count). The van der Waals surface area contributed by atoms with Gasteiger partial charge in [0, 0.05) is 10.7 Å². The molecule has 0 aliphatic heterocycles. The maximum Gasteiger partial charge on any atom is 0.310 e. The van der Waals surface area contributed by atoms with Gasteiger partial charge in [0.05, 0.1) is 5.92 Å². The van der Waals surface area contributed by atoms with E-state index in [-0.39, 0.29) is 24.4 Å². The monoisotopic (exact) mass is 305 g/mol. The number of halogens is 1. The molecule has 0 saturated heterocycles. The summed E-state index contributed by atoms with van der Waals surface area (Å²) in [4.78, 5) is 23.7. The van der Waals surface area contributed by atoms with Gasteiger partial charge in [-0.2, -0.15) is 0 Å². The summed E-state index contributed by atoms with van der Waals surface area (Å²) >= 11 is 5.83. The molecule has 3 atom stereocenters. The molecule has 0 aromatic heterocycles. The fraction of sp³-hybridized carbons (Fsp3) is 0.375. The van der Waals surface area contributed by atoms with E-state index in [1.54, 1.807) is 24.3 Å². The summed E-state index contributed by atoms with van der Waals surface area (Å²) in [5.74, 6) is 0.0858. The van der Waals surface area contributed by atoms with Crippen molar-refractivity contribution in [3.63, 3.8) is 0 Å². The van der Waals surface area contributed by atoms with Gasteiger partial charge in [0.1, 0.15) is 0 Å². The molecule has 0 heterocycles. The van der Waals surface area contributed by atoms with Crippen molar-refractivity contribution >= 4 is 29.2 Å². The van der Waals surface area contributed by atoms with Crippen molar-refractivity contribution in [3.8, 4) is 0 Å². The molecule has 1 amide bonds. The Kier molecular flexibility index (Phi) is 3.97. The molecule has 0 unspecified atom stereocenters. The minimum absolute atomic E-state index is 0.0843. The Hall–Kier alpha value is -1.81. The van der Waals surface area contributed by atoms with Gasteiger partial charge in [-0.3, -0.25) is 9.59 Å². The number of hydrogen-bond donors (Lipinski definition) is 1. The van der Waals surface area contributed by atoms with Crippen molar-refractivity contribution in [3.05, 3.63) is 41.4 Å². The van der Waals surface area contributed by atoms with Crippen LogP contribution in [0.1, 0.15) is 12.8 Å². The molecule has 110 valence electrons. The number of allylic oxidation sites excluding steroid dienone is 2. The third-order valence-electron chi connectivity index (χ3n) is 4.04. The van der Waals surface area contributed by atoms with Crippen molar-refractivity contribution in [2.24, 2.45) is 17.8 Å². The zero-order chi connectivity index (χ0) is 14.8. The number of benzene rings is 1. The summed E-state index contributed by atoms with van der Waals surface area (Å²) in [5, 5.41) is 3.19. The second-order valence-corrected chi connectivity index (χ2v) is 5.99. The van der Waals surface area contributed by atoms with E-state index in [0.29, 0.717) is 22.5 Å². The van der Waals surface area contributed by atoms with Crippen molar-refractivity contribution in [1.29, 1.82) is 0 Å². The smallest absolute Gasteiger partial charge is 0.310 e. The van der Waals surface area contributed by atoms with E-state index in [0.717, 1.165) is 12.8 Å². The summed E-state index contributed by atoms with van der Waals surface area (Å²) in [7, 11) is 0. The van der Waals surface area contributed by atoms with Gasteiger partial charge < -0.3 is 10.1 Å². The van der Waals surface area contributed by atoms with E-state index in [4.69, 9.17) is 16.3 Å². The van der Waals surface area contributed by atoms with Gasteiger partial charge >= 0.3 is 5.97 Å². The van der Waals surface area contributed by atoms with Crippen LogP contribution >= 0.6 is 11.6 Å². The first-order valence-corrected chi connectivity index (χ1v) is 7.40. The molecule has 0 radical (unpaired) electrons. The Balaban J connectivity index is 1.47. The van der Waals surface area contributed by atoms with E-state index in [1.807, 2.05) is 0 Å². The van der Waals surface area contributed by atoms with E-state index >= 15 is 0 Å². The lowest BCUT2D eigenvalue weighted by molar-refractivity contribution is -0.152. The molecule has 5 heteroatoms. The number of ether oxygens (including phenoxy) is 1. The summed E-state index contributed by atoms with van der Waals surface area (Å²) in [5.41, 5.74) is 0.589. The Bertz CT molecular complexity index is 599. The van der Waals surface area contributed by atoms with Crippen LogP contribution in [-0.2, 0) is 14.3 Å². The average Bonchev–Trinajstić information content (AvgIpc) is 3.07. The third kappa shape index (κ3) is 3.27. The number of fused-ring (bicyclic) bond motifs is 2. The summed E-state index contributed by atoms with van der Waals surface area (Å²) < 4.78 is 5.12. The van der Waals surface area contributed by atoms with E-state index < -0.39 is 0 Å². The second-order valence-electron chi connectivity index (χ2n) is 5.55. The number of esters is 1. The summed E-state index contributed by atoms with van der Waals surface area (Å²) in [6.07, 6.45) is 6.14. The number of hydrogen-bond acceptors (Lipinski definition) is 3. The lowest BCUT2D eigenvalue weighted by atomic mass is 9.94. The molecule has 4 nitrogen and oxygen atoms in total. The highest BCUT2D eigenvalue weighted by Crippen LogP contribution is 2.43. The number of carbonyl (C=O) groups is 2. The largest absolute Gasteiger partial charge is 0.455 e. The van der Waals surface area contributed by atoms with E-state index in [2.05, 4.69) is 17.5 Å². The minimum atomic E-state index is -0.357. The molecular formula is C16H16ClNO3. The van der Waals surface area contributed by atoms with Crippen LogP contribution in [0.3, 0.4) is 0 Å². The fourth-order valence-corrected chi connectivity index (χ4v) is 3.25. The Morgan fingerprint density at radius 2 is 2.14 bits per heavy atom.